The largest absolute Gasteiger partial charge is 0.496 e. The van der Waals surface area contributed by atoms with Crippen LogP contribution < -0.4 is 14.4 Å². The van der Waals surface area contributed by atoms with E-state index in [2.05, 4.69) is 6.92 Å². The van der Waals surface area contributed by atoms with Gasteiger partial charge in [0.05, 0.1) is 24.8 Å². The van der Waals surface area contributed by atoms with Gasteiger partial charge in [-0.05, 0) is 42.8 Å². The molecule has 5 nitrogen and oxygen atoms in total. The lowest BCUT2D eigenvalue weighted by Gasteiger charge is -2.28. The molecule has 0 saturated heterocycles. The normalized spacial score (nSPS) is 13.0. The van der Waals surface area contributed by atoms with Crippen molar-refractivity contribution < 1.29 is 19.1 Å². The van der Waals surface area contributed by atoms with Crippen molar-refractivity contribution in [1.29, 1.82) is 0 Å². The standard InChI is InChI=1S/C27H29NO4/c1-3-4-5-6-7-11-18-32-23-17-15-21-24-20(14-16-22(31-2)25(23)24)26(29)28(27(21)30)19-12-9-8-10-13-19/h8-10,12-17H,3-7,11,18H2,1-2H3. The zero-order chi connectivity index (χ0) is 22.5. The van der Waals surface area contributed by atoms with Crippen molar-refractivity contribution in [3.8, 4) is 11.5 Å². The third kappa shape index (κ3) is 4.07. The number of hydrogen-bond donors (Lipinski definition) is 0. The van der Waals surface area contributed by atoms with Crippen molar-refractivity contribution in [3.05, 3.63) is 65.7 Å². The SMILES string of the molecule is CCCCCCCCOc1ccc2c3c(ccc(OC)c13)C(=O)N(c1ccccc1)C2=O. The number of anilines is 1. The molecule has 0 aromatic heterocycles. The van der Waals surface area contributed by atoms with Gasteiger partial charge in [-0.25, -0.2) is 4.90 Å². The molecule has 0 bridgehead atoms. The molecule has 1 aliphatic rings. The summed E-state index contributed by atoms with van der Waals surface area (Å²) in [6.07, 6.45) is 7.07. The molecular weight excluding hydrogens is 402 g/mol. The van der Waals surface area contributed by atoms with Crippen LogP contribution in [-0.2, 0) is 0 Å². The predicted octanol–water partition coefficient (Wildman–Crippen LogP) is 6.39. The Bertz CT molecular complexity index is 1100. The van der Waals surface area contributed by atoms with Gasteiger partial charge in [0.15, 0.2) is 0 Å². The second-order valence-electron chi connectivity index (χ2n) is 8.07. The van der Waals surface area contributed by atoms with Crippen LogP contribution in [0.15, 0.2) is 54.6 Å². The van der Waals surface area contributed by atoms with Gasteiger partial charge in [-0.3, -0.25) is 9.59 Å². The maximum atomic E-state index is 13.3. The van der Waals surface area contributed by atoms with Gasteiger partial charge in [0, 0.05) is 16.5 Å². The fourth-order valence-corrected chi connectivity index (χ4v) is 4.29. The van der Waals surface area contributed by atoms with Crippen LogP contribution in [0.1, 0.15) is 66.2 Å². The van der Waals surface area contributed by atoms with E-state index in [4.69, 9.17) is 9.47 Å². The van der Waals surface area contributed by atoms with E-state index in [1.54, 1.807) is 37.4 Å². The van der Waals surface area contributed by atoms with Crippen LogP contribution in [0.3, 0.4) is 0 Å². The van der Waals surface area contributed by atoms with E-state index in [9.17, 15) is 9.59 Å². The smallest absolute Gasteiger partial charge is 0.265 e. The van der Waals surface area contributed by atoms with Gasteiger partial charge >= 0.3 is 0 Å². The molecule has 32 heavy (non-hydrogen) atoms. The molecule has 0 spiro atoms. The van der Waals surface area contributed by atoms with E-state index in [-0.39, 0.29) is 11.8 Å². The highest BCUT2D eigenvalue weighted by Crippen LogP contribution is 2.42. The molecule has 0 unspecified atom stereocenters. The summed E-state index contributed by atoms with van der Waals surface area (Å²) < 4.78 is 11.7. The molecule has 0 atom stereocenters. The van der Waals surface area contributed by atoms with Gasteiger partial charge in [0.2, 0.25) is 0 Å². The highest BCUT2D eigenvalue weighted by Gasteiger charge is 2.35. The topological polar surface area (TPSA) is 55.8 Å². The Hall–Kier alpha value is -3.34. The van der Waals surface area contributed by atoms with E-state index in [0.29, 0.717) is 45.7 Å². The Morgan fingerprint density at radius 2 is 1.34 bits per heavy atom. The minimum atomic E-state index is -0.338. The van der Waals surface area contributed by atoms with E-state index in [1.807, 2.05) is 24.3 Å². The summed E-state index contributed by atoms with van der Waals surface area (Å²) in [5, 5.41) is 1.29. The summed E-state index contributed by atoms with van der Waals surface area (Å²) in [5.41, 5.74) is 1.51. The van der Waals surface area contributed by atoms with Crippen molar-refractivity contribution in [2.75, 3.05) is 18.6 Å². The van der Waals surface area contributed by atoms with Crippen molar-refractivity contribution in [3.63, 3.8) is 0 Å². The molecule has 2 amide bonds. The van der Waals surface area contributed by atoms with Crippen molar-refractivity contribution in [1.82, 2.24) is 0 Å². The lowest BCUT2D eigenvalue weighted by atomic mass is 9.92. The molecule has 0 saturated carbocycles. The number of unbranched alkanes of at least 4 members (excludes halogenated alkanes) is 5. The predicted molar refractivity (Wildman–Crippen MR) is 127 cm³/mol. The Kier molecular flexibility index (Phi) is 6.74. The lowest BCUT2D eigenvalue weighted by molar-refractivity contribution is 0.0893. The molecular formula is C27H29NO4. The number of imide groups is 1. The molecule has 0 aliphatic carbocycles. The van der Waals surface area contributed by atoms with E-state index in [1.165, 1.54) is 30.6 Å². The molecule has 1 aliphatic heterocycles. The lowest BCUT2D eigenvalue weighted by Crippen LogP contribution is -2.40. The van der Waals surface area contributed by atoms with Gasteiger partial charge in [-0.15, -0.1) is 0 Å². The Morgan fingerprint density at radius 3 is 2.00 bits per heavy atom. The molecule has 4 rings (SSSR count). The summed E-state index contributed by atoms with van der Waals surface area (Å²) in [6, 6.07) is 16.1. The minimum Gasteiger partial charge on any atom is -0.496 e. The summed E-state index contributed by atoms with van der Waals surface area (Å²) in [4.78, 5) is 27.9. The summed E-state index contributed by atoms with van der Waals surface area (Å²) >= 11 is 0. The first-order chi connectivity index (χ1) is 15.7. The molecule has 0 radical (unpaired) electrons. The van der Waals surface area contributed by atoms with Crippen LogP contribution in [0.4, 0.5) is 5.69 Å². The highest BCUT2D eigenvalue weighted by atomic mass is 16.5. The molecule has 1 heterocycles. The number of amides is 2. The van der Waals surface area contributed by atoms with Gasteiger partial charge in [-0.2, -0.15) is 0 Å². The van der Waals surface area contributed by atoms with E-state index in [0.717, 1.165) is 12.8 Å². The first-order valence-electron chi connectivity index (χ1n) is 11.4. The quantitative estimate of drug-likeness (QED) is 0.276. The molecule has 3 aromatic rings. The van der Waals surface area contributed by atoms with Crippen molar-refractivity contribution in [2.45, 2.75) is 45.4 Å². The van der Waals surface area contributed by atoms with E-state index >= 15 is 0 Å². The number of carbonyl (C=O) groups is 2. The van der Waals surface area contributed by atoms with Crippen LogP contribution in [0.5, 0.6) is 11.5 Å². The number of para-hydroxylation sites is 1. The monoisotopic (exact) mass is 431 g/mol. The molecule has 166 valence electrons. The van der Waals surface area contributed by atoms with Crippen LogP contribution in [0.25, 0.3) is 10.8 Å². The van der Waals surface area contributed by atoms with Crippen LogP contribution >= 0.6 is 0 Å². The summed E-state index contributed by atoms with van der Waals surface area (Å²) in [6.45, 7) is 2.80. The average molecular weight is 432 g/mol. The Morgan fingerprint density at radius 1 is 0.719 bits per heavy atom. The average Bonchev–Trinajstić information content (AvgIpc) is 2.82. The number of nitrogens with zero attached hydrogens (tertiary/aromatic N) is 1. The number of benzene rings is 3. The Labute approximate surface area is 188 Å². The third-order valence-electron chi connectivity index (χ3n) is 5.94. The van der Waals surface area contributed by atoms with Crippen molar-refractivity contribution in [2.24, 2.45) is 0 Å². The van der Waals surface area contributed by atoms with E-state index < -0.39 is 0 Å². The second kappa shape index (κ2) is 9.86. The first-order valence-corrected chi connectivity index (χ1v) is 11.4. The van der Waals surface area contributed by atoms with Crippen LogP contribution in [0.2, 0.25) is 0 Å². The van der Waals surface area contributed by atoms with Crippen LogP contribution in [0, 0.1) is 0 Å². The summed E-state index contributed by atoms with van der Waals surface area (Å²) in [5.74, 6) is 0.561. The highest BCUT2D eigenvalue weighted by molar-refractivity contribution is 6.36. The Balaban J connectivity index is 1.66. The number of rotatable bonds is 10. The van der Waals surface area contributed by atoms with Gasteiger partial charge in [0.25, 0.3) is 11.8 Å². The molecule has 5 heteroatoms. The minimum absolute atomic E-state index is 0.338. The summed E-state index contributed by atoms with van der Waals surface area (Å²) in [7, 11) is 1.59. The number of methoxy groups -OCH3 is 1. The van der Waals surface area contributed by atoms with Crippen molar-refractivity contribution >= 4 is 28.3 Å². The number of carbonyl (C=O) groups excluding carboxylic acids is 2. The number of ether oxygens (including phenoxy) is 2. The fraction of sp³-hybridized carbons (Fsp3) is 0.333. The zero-order valence-corrected chi connectivity index (χ0v) is 18.7. The van der Waals surface area contributed by atoms with Crippen LogP contribution in [-0.4, -0.2) is 25.5 Å². The first kappa shape index (κ1) is 21.9. The third-order valence-corrected chi connectivity index (χ3v) is 5.94. The maximum absolute atomic E-state index is 13.3. The second-order valence-corrected chi connectivity index (χ2v) is 8.07. The molecule has 0 N–H and O–H groups in total. The fourth-order valence-electron chi connectivity index (χ4n) is 4.29. The molecule has 3 aromatic carbocycles. The van der Waals surface area contributed by atoms with Gasteiger partial charge in [0.1, 0.15) is 11.5 Å². The van der Waals surface area contributed by atoms with Gasteiger partial charge < -0.3 is 9.47 Å². The maximum Gasteiger partial charge on any atom is 0.265 e. The van der Waals surface area contributed by atoms with Gasteiger partial charge in [-0.1, -0.05) is 57.2 Å². The zero-order valence-electron chi connectivity index (χ0n) is 18.7. The molecule has 0 fully saturated rings. The number of hydrogen-bond acceptors (Lipinski definition) is 4.